The lowest BCUT2D eigenvalue weighted by Crippen LogP contribution is -1.89. The molecule has 0 unspecified atom stereocenters. The molecule has 1 rings (SSSR count). The standard InChI is InChI=1S/C10H8BrClO2/c11-8-5-4-7(9(12)6-8)2-1-3-10(13)14/h1-2,4-6H,3H2,(H,13,14). The quantitative estimate of drug-likeness (QED) is 0.915. The predicted molar refractivity (Wildman–Crippen MR) is 60.4 cm³/mol. The van der Waals surface area contributed by atoms with Gasteiger partial charge in [-0.25, -0.2) is 0 Å². The molecule has 0 bridgehead atoms. The van der Waals surface area contributed by atoms with Gasteiger partial charge in [-0.15, -0.1) is 0 Å². The molecule has 0 heterocycles. The van der Waals surface area contributed by atoms with Gasteiger partial charge >= 0.3 is 5.97 Å². The Hall–Kier alpha value is -0.800. The average Bonchev–Trinajstić information content (AvgIpc) is 2.08. The summed E-state index contributed by atoms with van der Waals surface area (Å²) >= 11 is 9.20. The van der Waals surface area contributed by atoms with Gasteiger partial charge in [0.1, 0.15) is 0 Å². The largest absolute Gasteiger partial charge is 0.481 e. The lowest BCUT2D eigenvalue weighted by Gasteiger charge is -1.97. The van der Waals surface area contributed by atoms with E-state index in [0.717, 1.165) is 10.0 Å². The van der Waals surface area contributed by atoms with Crippen molar-refractivity contribution in [2.75, 3.05) is 0 Å². The molecule has 1 N–H and O–H groups in total. The molecule has 0 spiro atoms. The Kier molecular flexibility index (Phi) is 4.17. The first-order valence-electron chi connectivity index (χ1n) is 3.93. The van der Waals surface area contributed by atoms with Gasteiger partial charge in [-0.3, -0.25) is 4.79 Å². The Morgan fingerprint density at radius 2 is 2.29 bits per heavy atom. The van der Waals surface area contributed by atoms with E-state index < -0.39 is 5.97 Å². The molecule has 1 aromatic rings. The Balaban J connectivity index is 2.76. The smallest absolute Gasteiger partial charge is 0.307 e. The maximum atomic E-state index is 10.2. The molecule has 0 saturated heterocycles. The number of carboxylic acids is 1. The Morgan fingerprint density at radius 1 is 1.57 bits per heavy atom. The van der Waals surface area contributed by atoms with E-state index >= 15 is 0 Å². The van der Waals surface area contributed by atoms with E-state index in [0.29, 0.717) is 5.02 Å². The number of halogens is 2. The van der Waals surface area contributed by atoms with E-state index in [9.17, 15) is 4.79 Å². The number of rotatable bonds is 3. The molecule has 74 valence electrons. The second kappa shape index (κ2) is 5.17. The molecule has 0 saturated carbocycles. The number of carbonyl (C=O) groups is 1. The third kappa shape index (κ3) is 3.52. The van der Waals surface area contributed by atoms with E-state index in [1.807, 2.05) is 12.1 Å². The first-order chi connectivity index (χ1) is 6.59. The number of carboxylic acid groups (broad SMARTS) is 1. The van der Waals surface area contributed by atoms with Crippen LogP contribution >= 0.6 is 27.5 Å². The van der Waals surface area contributed by atoms with Crippen LogP contribution < -0.4 is 0 Å². The fourth-order valence-electron chi connectivity index (χ4n) is 0.923. The molecule has 4 heteroatoms. The van der Waals surface area contributed by atoms with Crippen molar-refractivity contribution in [2.24, 2.45) is 0 Å². The van der Waals surface area contributed by atoms with Gasteiger partial charge in [-0.2, -0.15) is 0 Å². The highest BCUT2D eigenvalue weighted by Crippen LogP contribution is 2.22. The number of hydrogen-bond acceptors (Lipinski definition) is 1. The molecule has 0 aliphatic carbocycles. The average molecular weight is 276 g/mol. The van der Waals surface area contributed by atoms with Crippen molar-refractivity contribution < 1.29 is 9.90 Å². The molecule has 0 amide bonds. The predicted octanol–water partition coefficient (Wildman–Crippen LogP) is 3.59. The minimum Gasteiger partial charge on any atom is -0.481 e. The van der Waals surface area contributed by atoms with Crippen LogP contribution in [0.1, 0.15) is 12.0 Å². The van der Waals surface area contributed by atoms with Crippen LogP contribution in [-0.2, 0) is 4.79 Å². The highest BCUT2D eigenvalue weighted by molar-refractivity contribution is 9.10. The van der Waals surface area contributed by atoms with Crippen molar-refractivity contribution in [1.29, 1.82) is 0 Å². The van der Waals surface area contributed by atoms with E-state index in [-0.39, 0.29) is 6.42 Å². The van der Waals surface area contributed by atoms with Crippen molar-refractivity contribution in [3.63, 3.8) is 0 Å². The normalized spacial score (nSPS) is 10.7. The molecular weight excluding hydrogens is 267 g/mol. The molecule has 2 nitrogen and oxygen atoms in total. The lowest BCUT2D eigenvalue weighted by atomic mass is 10.2. The Morgan fingerprint density at radius 3 is 2.86 bits per heavy atom. The molecule has 0 radical (unpaired) electrons. The third-order valence-electron chi connectivity index (χ3n) is 1.55. The maximum absolute atomic E-state index is 10.2. The van der Waals surface area contributed by atoms with Gasteiger partial charge < -0.3 is 5.11 Å². The van der Waals surface area contributed by atoms with E-state index in [2.05, 4.69) is 15.9 Å². The van der Waals surface area contributed by atoms with Crippen molar-refractivity contribution >= 4 is 39.6 Å². The van der Waals surface area contributed by atoms with Crippen LogP contribution in [0, 0.1) is 0 Å². The molecule has 14 heavy (non-hydrogen) atoms. The van der Waals surface area contributed by atoms with Crippen LogP contribution in [0.2, 0.25) is 5.02 Å². The fraction of sp³-hybridized carbons (Fsp3) is 0.100. The van der Waals surface area contributed by atoms with Crippen LogP contribution in [0.3, 0.4) is 0 Å². The number of benzene rings is 1. The van der Waals surface area contributed by atoms with Gasteiger partial charge in [0.15, 0.2) is 0 Å². The summed E-state index contributed by atoms with van der Waals surface area (Å²) in [7, 11) is 0. The minimum atomic E-state index is -0.852. The maximum Gasteiger partial charge on any atom is 0.307 e. The monoisotopic (exact) mass is 274 g/mol. The molecule has 0 atom stereocenters. The Bertz CT molecular complexity index is 374. The lowest BCUT2D eigenvalue weighted by molar-refractivity contribution is -0.135. The van der Waals surface area contributed by atoms with Gasteiger partial charge in [0, 0.05) is 9.50 Å². The van der Waals surface area contributed by atoms with Crippen molar-refractivity contribution in [3.05, 3.63) is 39.3 Å². The van der Waals surface area contributed by atoms with Crippen molar-refractivity contribution in [2.45, 2.75) is 6.42 Å². The summed E-state index contributed by atoms with van der Waals surface area (Å²) < 4.78 is 0.901. The molecule has 0 fully saturated rings. The van der Waals surface area contributed by atoms with Crippen LogP contribution in [0.5, 0.6) is 0 Å². The highest BCUT2D eigenvalue weighted by atomic mass is 79.9. The molecule has 0 aromatic heterocycles. The summed E-state index contributed by atoms with van der Waals surface area (Å²) in [5.74, 6) is -0.852. The zero-order valence-corrected chi connectivity index (χ0v) is 9.55. The molecule has 1 aromatic carbocycles. The first-order valence-corrected chi connectivity index (χ1v) is 5.10. The van der Waals surface area contributed by atoms with E-state index in [4.69, 9.17) is 16.7 Å². The second-order valence-corrected chi connectivity index (χ2v) is 3.99. The van der Waals surface area contributed by atoms with Crippen LogP contribution in [0.4, 0.5) is 0 Å². The van der Waals surface area contributed by atoms with Crippen LogP contribution in [0.25, 0.3) is 6.08 Å². The zero-order valence-electron chi connectivity index (χ0n) is 7.21. The van der Waals surface area contributed by atoms with Gasteiger partial charge in [-0.1, -0.05) is 45.7 Å². The molecular formula is C10H8BrClO2. The first kappa shape index (κ1) is 11.3. The highest BCUT2D eigenvalue weighted by Gasteiger charge is 1.97. The topological polar surface area (TPSA) is 37.3 Å². The van der Waals surface area contributed by atoms with Gasteiger partial charge in [0.25, 0.3) is 0 Å². The van der Waals surface area contributed by atoms with Crippen LogP contribution in [-0.4, -0.2) is 11.1 Å². The van der Waals surface area contributed by atoms with E-state index in [1.54, 1.807) is 18.2 Å². The number of aliphatic carboxylic acids is 1. The zero-order chi connectivity index (χ0) is 10.6. The van der Waals surface area contributed by atoms with Crippen LogP contribution in [0.15, 0.2) is 28.7 Å². The second-order valence-electron chi connectivity index (χ2n) is 2.67. The summed E-state index contributed by atoms with van der Waals surface area (Å²) in [6, 6.07) is 5.44. The summed E-state index contributed by atoms with van der Waals surface area (Å²) in [6.07, 6.45) is 3.27. The summed E-state index contributed by atoms with van der Waals surface area (Å²) in [5, 5.41) is 9.01. The van der Waals surface area contributed by atoms with Gasteiger partial charge in [0.2, 0.25) is 0 Å². The number of hydrogen-bond donors (Lipinski definition) is 1. The third-order valence-corrected chi connectivity index (χ3v) is 2.37. The summed E-state index contributed by atoms with van der Waals surface area (Å²) in [6.45, 7) is 0. The Labute approximate surface area is 95.3 Å². The van der Waals surface area contributed by atoms with Gasteiger partial charge in [0.05, 0.1) is 6.42 Å². The minimum absolute atomic E-state index is 0.00634. The summed E-state index contributed by atoms with van der Waals surface area (Å²) in [4.78, 5) is 10.2. The SMILES string of the molecule is O=C(O)CC=Cc1ccc(Br)cc1Cl. The van der Waals surface area contributed by atoms with Gasteiger partial charge in [-0.05, 0) is 17.7 Å². The summed E-state index contributed by atoms with van der Waals surface area (Å²) in [5.41, 5.74) is 0.816. The molecule has 0 aliphatic rings. The molecule has 0 aliphatic heterocycles. The van der Waals surface area contributed by atoms with E-state index in [1.165, 1.54) is 0 Å². The fourth-order valence-corrected chi connectivity index (χ4v) is 1.66. The van der Waals surface area contributed by atoms with Crippen molar-refractivity contribution in [3.8, 4) is 0 Å². The van der Waals surface area contributed by atoms with Crippen molar-refractivity contribution in [1.82, 2.24) is 0 Å².